The SMILES string of the molecule is Cc1cnc(N2CCC3(CN(C)CCO3)C2)cc1N. The molecule has 0 radical (unpaired) electrons. The van der Waals surface area contributed by atoms with Gasteiger partial charge in [-0.3, -0.25) is 0 Å². The Morgan fingerprint density at radius 2 is 2.21 bits per heavy atom. The smallest absolute Gasteiger partial charge is 0.130 e. The lowest BCUT2D eigenvalue weighted by atomic mass is 10.0. The summed E-state index contributed by atoms with van der Waals surface area (Å²) in [7, 11) is 2.16. The van der Waals surface area contributed by atoms with Gasteiger partial charge in [-0.2, -0.15) is 0 Å². The van der Waals surface area contributed by atoms with Crippen molar-refractivity contribution in [2.45, 2.75) is 18.9 Å². The third-order valence-corrected chi connectivity index (χ3v) is 4.21. The predicted molar refractivity (Wildman–Crippen MR) is 76.4 cm³/mol. The molecular formula is C14H22N4O. The Morgan fingerprint density at radius 3 is 2.95 bits per heavy atom. The minimum atomic E-state index is -0.0195. The van der Waals surface area contributed by atoms with Gasteiger partial charge in [0, 0.05) is 44.1 Å². The molecule has 2 fully saturated rings. The number of morpholine rings is 1. The summed E-state index contributed by atoms with van der Waals surface area (Å²) < 4.78 is 6.06. The van der Waals surface area contributed by atoms with Crippen LogP contribution in [0.25, 0.3) is 0 Å². The Balaban J connectivity index is 1.76. The van der Waals surface area contributed by atoms with E-state index >= 15 is 0 Å². The topological polar surface area (TPSA) is 54.6 Å². The number of anilines is 2. The molecule has 0 amide bonds. The quantitative estimate of drug-likeness (QED) is 0.814. The first kappa shape index (κ1) is 12.7. The van der Waals surface area contributed by atoms with Gasteiger partial charge in [-0.1, -0.05) is 0 Å². The average molecular weight is 262 g/mol. The Kier molecular flexibility index (Phi) is 3.11. The van der Waals surface area contributed by atoms with Gasteiger partial charge in [0.2, 0.25) is 0 Å². The van der Waals surface area contributed by atoms with Gasteiger partial charge >= 0.3 is 0 Å². The molecular weight excluding hydrogens is 240 g/mol. The number of ether oxygens (including phenoxy) is 1. The molecule has 1 spiro atoms. The Morgan fingerprint density at radius 1 is 1.37 bits per heavy atom. The third kappa shape index (κ3) is 2.40. The van der Waals surface area contributed by atoms with Crippen LogP contribution >= 0.6 is 0 Å². The van der Waals surface area contributed by atoms with Crippen molar-refractivity contribution in [3.05, 3.63) is 17.8 Å². The maximum absolute atomic E-state index is 6.06. The summed E-state index contributed by atoms with van der Waals surface area (Å²) in [6.07, 6.45) is 2.91. The molecule has 3 heterocycles. The molecule has 5 nitrogen and oxygen atoms in total. The van der Waals surface area contributed by atoms with Crippen LogP contribution in [0.1, 0.15) is 12.0 Å². The van der Waals surface area contributed by atoms with Crippen molar-refractivity contribution in [1.29, 1.82) is 0 Å². The lowest BCUT2D eigenvalue weighted by Crippen LogP contribution is -2.52. The summed E-state index contributed by atoms with van der Waals surface area (Å²) in [5, 5.41) is 0. The van der Waals surface area contributed by atoms with Gasteiger partial charge in [0.15, 0.2) is 0 Å². The fourth-order valence-electron chi connectivity index (χ4n) is 3.02. The van der Waals surface area contributed by atoms with E-state index in [0.717, 1.165) is 56.3 Å². The molecule has 2 saturated heterocycles. The van der Waals surface area contributed by atoms with Gasteiger partial charge in [-0.05, 0) is 26.0 Å². The van der Waals surface area contributed by atoms with E-state index in [1.807, 2.05) is 19.2 Å². The summed E-state index contributed by atoms with van der Waals surface area (Å²) >= 11 is 0. The van der Waals surface area contributed by atoms with Crippen molar-refractivity contribution in [1.82, 2.24) is 9.88 Å². The molecule has 2 N–H and O–H groups in total. The van der Waals surface area contributed by atoms with Crippen LogP contribution in [0, 0.1) is 6.92 Å². The predicted octanol–water partition coefficient (Wildman–Crippen LogP) is 0.883. The average Bonchev–Trinajstić information content (AvgIpc) is 2.76. The first-order chi connectivity index (χ1) is 9.08. The number of hydrogen-bond acceptors (Lipinski definition) is 5. The molecule has 2 aliphatic rings. The van der Waals surface area contributed by atoms with E-state index in [1.54, 1.807) is 0 Å². The summed E-state index contributed by atoms with van der Waals surface area (Å²) in [4.78, 5) is 9.13. The maximum atomic E-state index is 6.06. The third-order valence-electron chi connectivity index (χ3n) is 4.21. The molecule has 0 bridgehead atoms. The summed E-state index contributed by atoms with van der Waals surface area (Å²) in [6, 6.07) is 1.97. The molecule has 0 aliphatic carbocycles. The van der Waals surface area contributed by atoms with Crippen LogP contribution in [0.2, 0.25) is 0 Å². The van der Waals surface area contributed by atoms with Crippen molar-refractivity contribution in [2.24, 2.45) is 0 Å². The Labute approximate surface area is 114 Å². The first-order valence-corrected chi connectivity index (χ1v) is 6.88. The monoisotopic (exact) mass is 262 g/mol. The number of aryl methyl sites for hydroxylation is 1. The highest BCUT2D eigenvalue weighted by molar-refractivity contribution is 5.55. The van der Waals surface area contributed by atoms with Crippen LogP contribution in [0.15, 0.2) is 12.3 Å². The molecule has 1 unspecified atom stereocenters. The summed E-state index contributed by atoms with van der Waals surface area (Å²) in [6.45, 7) is 6.74. The molecule has 0 aromatic carbocycles. The minimum Gasteiger partial charge on any atom is -0.398 e. The van der Waals surface area contributed by atoms with E-state index in [9.17, 15) is 0 Å². The van der Waals surface area contributed by atoms with Crippen molar-refractivity contribution in [2.75, 3.05) is 50.5 Å². The number of likely N-dealkylation sites (N-methyl/N-ethyl adjacent to an activating group) is 1. The van der Waals surface area contributed by atoms with Gasteiger partial charge in [-0.15, -0.1) is 0 Å². The minimum absolute atomic E-state index is 0.0195. The van der Waals surface area contributed by atoms with Crippen LogP contribution < -0.4 is 10.6 Å². The number of pyridine rings is 1. The van der Waals surface area contributed by atoms with E-state index in [0.29, 0.717) is 0 Å². The molecule has 0 saturated carbocycles. The van der Waals surface area contributed by atoms with Crippen LogP contribution in [-0.4, -0.2) is 55.3 Å². The van der Waals surface area contributed by atoms with Crippen molar-refractivity contribution >= 4 is 11.5 Å². The highest BCUT2D eigenvalue weighted by Crippen LogP contribution is 2.32. The largest absolute Gasteiger partial charge is 0.398 e. The highest BCUT2D eigenvalue weighted by Gasteiger charge is 2.42. The van der Waals surface area contributed by atoms with Crippen molar-refractivity contribution in [3.8, 4) is 0 Å². The number of rotatable bonds is 1. The highest BCUT2D eigenvalue weighted by atomic mass is 16.5. The zero-order valence-electron chi connectivity index (χ0n) is 11.7. The van der Waals surface area contributed by atoms with E-state index in [2.05, 4.69) is 21.8 Å². The fourth-order valence-corrected chi connectivity index (χ4v) is 3.02. The Hall–Kier alpha value is -1.33. The molecule has 1 atom stereocenters. The van der Waals surface area contributed by atoms with Crippen molar-refractivity contribution in [3.63, 3.8) is 0 Å². The van der Waals surface area contributed by atoms with Crippen molar-refractivity contribution < 1.29 is 4.74 Å². The van der Waals surface area contributed by atoms with Gasteiger partial charge in [0.05, 0.1) is 12.2 Å². The zero-order valence-corrected chi connectivity index (χ0v) is 11.7. The molecule has 2 aliphatic heterocycles. The number of nitrogens with two attached hydrogens (primary N) is 1. The lowest BCUT2D eigenvalue weighted by molar-refractivity contribution is -0.0886. The van der Waals surface area contributed by atoms with Gasteiger partial charge in [0.1, 0.15) is 5.82 Å². The number of hydrogen-bond donors (Lipinski definition) is 1. The van der Waals surface area contributed by atoms with E-state index in [4.69, 9.17) is 10.5 Å². The maximum Gasteiger partial charge on any atom is 0.130 e. The van der Waals surface area contributed by atoms with Gasteiger partial charge < -0.3 is 20.3 Å². The first-order valence-electron chi connectivity index (χ1n) is 6.88. The fraction of sp³-hybridized carbons (Fsp3) is 0.643. The summed E-state index contributed by atoms with van der Waals surface area (Å²) in [5.41, 5.74) is 7.80. The molecule has 19 heavy (non-hydrogen) atoms. The van der Waals surface area contributed by atoms with E-state index in [1.165, 1.54) is 0 Å². The van der Waals surface area contributed by atoms with Gasteiger partial charge in [-0.25, -0.2) is 4.98 Å². The molecule has 104 valence electrons. The van der Waals surface area contributed by atoms with Crippen LogP contribution in [0.4, 0.5) is 11.5 Å². The second kappa shape index (κ2) is 4.65. The van der Waals surface area contributed by atoms with E-state index in [-0.39, 0.29) is 5.60 Å². The Bertz CT molecular complexity index is 479. The van der Waals surface area contributed by atoms with E-state index < -0.39 is 0 Å². The lowest BCUT2D eigenvalue weighted by Gasteiger charge is -2.38. The molecule has 1 aromatic rings. The van der Waals surface area contributed by atoms with Gasteiger partial charge in [0.25, 0.3) is 0 Å². The molecule has 3 rings (SSSR count). The van der Waals surface area contributed by atoms with Crippen LogP contribution in [0.3, 0.4) is 0 Å². The number of nitrogen functional groups attached to an aromatic ring is 1. The standard InChI is InChI=1S/C14H22N4O/c1-11-8-16-13(7-12(11)15)18-4-3-14(10-18)9-17(2)5-6-19-14/h7-8H,3-6,9-10H2,1-2H3,(H2,15,16). The second-order valence-corrected chi connectivity index (χ2v) is 5.84. The summed E-state index contributed by atoms with van der Waals surface area (Å²) in [5.74, 6) is 0.969. The normalized spacial score (nSPS) is 28.2. The molecule has 1 aromatic heterocycles. The zero-order chi connectivity index (χ0) is 13.5. The van der Waals surface area contributed by atoms with Crippen LogP contribution in [-0.2, 0) is 4.74 Å². The second-order valence-electron chi connectivity index (χ2n) is 5.84. The number of aromatic nitrogens is 1. The molecule has 5 heteroatoms. The van der Waals surface area contributed by atoms with Crippen LogP contribution in [0.5, 0.6) is 0 Å². The number of nitrogens with zero attached hydrogens (tertiary/aromatic N) is 3.